The first-order chi connectivity index (χ1) is 16.3. The van der Waals surface area contributed by atoms with Gasteiger partial charge in [-0.1, -0.05) is 6.58 Å². The van der Waals surface area contributed by atoms with Crippen molar-refractivity contribution in [3.63, 3.8) is 0 Å². The van der Waals surface area contributed by atoms with Crippen LogP contribution in [0.3, 0.4) is 0 Å². The zero-order valence-corrected chi connectivity index (χ0v) is 19.4. The molecule has 8 heteroatoms. The van der Waals surface area contributed by atoms with Crippen molar-refractivity contribution in [2.45, 2.75) is 13.8 Å². The highest BCUT2D eigenvalue weighted by molar-refractivity contribution is 5.86. The van der Waals surface area contributed by atoms with Crippen LogP contribution in [0.2, 0.25) is 0 Å². The van der Waals surface area contributed by atoms with Gasteiger partial charge < -0.3 is 9.64 Å². The lowest BCUT2D eigenvalue weighted by molar-refractivity contribution is -0.138. The number of hydrogen-bond donors (Lipinski definition) is 0. The highest BCUT2D eigenvalue weighted by atomic mass is 19.1. The largest absolute Gasteiger partial charge is 0.460 e. The minimum atomic E-state index is -0.386. The number of nitrogens with zero attached hydrogens (tertiary/aromatic N) is 5. The van der Waals surface area contributed by atoms with Gasteiger partial charge in [0.2, 0.25) is 0 Å². The molecule has 0 fully saturated rings. The molecule has 3 rings (SSSR count). The van der Waals surface area contributed by atoms with Crippen molar-refractivity contribution in [1.29, 1.82) is 0 Å². The molecule has 3 aromatic carbocycles. The third-order valence-electron chi connectivity index (χ3n) is 4.86. The number of halogens is 1. The fraction of sp³-hybridized carbons (Fsp3) is 0.192. The van der Waals surface area contributed by atoms with Crippen molar-refractivity contribution in [2.24, 2.45) is 20.5 Å². The van der Waals surface area contributed by atoms with E-state index in [-0.39, 0.29) is 18.4 Å². The Bertz CT molecular complexity index is 1200. The van der Waals surface area contributed by atoms with E-state index in [0.717, 1.165) is 16.9 Å². The van der Waals surface area contributed by atoms with Gasteiger partial charge in [0, 0.05) is 18.3 Å². The number of benzene rings is 3. The number of carbonyl (C=O) groups is 1. The molecule has 0 spiro atoms. The van der Waals surface area contributed by atoms with E-state index in [1.165, 1.54) is 12.1 Å². The average molecular weight is 460 g/mol. The number of likely N-dealkylation sites (N-methyl/N-ethyl adjacent to an activating group) is 1. The molecule has 34 heavy (non-hydrogen) atoms. The number of ether oxygens (including phenoxy) is 1. The molecule has 0 heterocycles. The minimum Gasteiger partial charge on any atom is -0.460 e. The quantitative estimate of drug-likeness (QED) is 0.189. The fourth-order valence-electron chi connectivity index (χ4n) is 2.85. The van der Waals surface area contributed by atoms with Gasteiger partial charge in [-0.2, -0.15) is 20.5 Å². The highest BCUT2D eigenvalue weighted by Crippen LogP contribution is 2.28. The van der Waals surface area contributed by atoms with E-state index in [4.69, 9.17) is 4.74 Å². The molecule has 3 aromatic rings. The summed E-state index contributed by atoms with van der Waals surface area (Å²) in [5.74, 6) is -0.698. The first kappa shape index (κ1) is 24.4. The molecule has 0 amide bonds. The van der Waals surface area contributed by atoms with E-state index < -0.39 is 0 Å². The zero-order valence-electron chi connectivity index (χ0n) is 19.4. The number of rotatable bonds is 9. The summed E-state index contributed by atoms with van der Waals surface area (Å²) in [7, 11) is 1.92. The molecule has 0 bridgehead atoms. The van der Waals surface area contributed by atoms with E-state index >= 15 is 0 Å². The Labute approximate surface area is 198 Å². The Morgan fingerprint density at radius 3 is 2.09 bits per heavy atom. The van der Waals surface area contributed by atoms with E-state index in [2.05, 4.69) is 27.0 Å². The SMILES string of the molecule is C=C(C)C(=O)OCCN(C)c1ccc(N=Nc2ccc(N=Nc3ccc(F)cc3)cc2C)cc1. The third-order valence-corrected chi connectivity index (χ3v) is 4.86. The monoisotopic (exact) mass is 459 g/mol. The Morgan fingerprint density at radius 2 is 1.47 bits per heavy atom. The summed E-state index contributed by atoms with van der Waals surface area (Å²) >= 11 is 0. The van der Waals surface area contributed by atoms with Crippen LogP contribution in [0, 0.1) is 12.7 Å². The predicted octanol–water partition coefficient (Wildman–Crippen LogP) is 7.52. The molecular formula is C26H26FN5O2. The van der Waals surface area contributed by atoms with Crippen LogP contribution in [0.15, 0.2) is 99.3 Å². The van der Waals surface area contributed by atoms with Crippen LogP contribution in [0.4, 0.5) is 32.8 Å². The number of carbonyl (C=O) groups excluding carboxylic acids is 1. The molecule has 0 aromatic heterocycles. The van der Waals surface area contributed by atoms with Gasteiger partial charge >= 0.3 is 5.97 Å². The first-order valence-electron chi connectivity index (χ1n) is 10.7. The number of hydrogen-bond acceptors (Lipinski definition) is 7. The topological polar surface area (TPSA) is 79.0 Å². The summed E-state index contributed by atoms with van der Waals surface area (Å²) in [6.07, 6.45) is 0. The second kappa shape index (κ2) is 11.6. The molecular weight excluding hydrogens is 433 g/mol. The van der Waals surface area contributed by atoms with E-state index in [9.17, 15) is 9.18 Å². The third kappa shape index (κ3) is 7.16. The van der Waals surface area contributed by atoms with E-state index in [1.54, 1.807) is 25.1 Å². The molecule has 0 saturated heterocycles. The fourth-order valence-corrected chi connectivity index (χ4v) is 2.85. The summed E-state index contributed by atoms with van der Waals surface area (Å²) in [6.45, 7) is 7.95. The molecule has 0 aliphatic carbocycles. The van der Waals surface area contributed by atoms with Crippen molar-refractivity contribution in [3.05, 3.63) is 90.3 Å². The van der Waals surface area contributed by atoms with Crippen LogP contribution < -0.4 is 4.90 Å². The van der Waals surface area contributed by atoms with Gasteiger partial charge in [0.05, 0.1) is 29.3 Å². The van der Waals surface area contributed by atoms with E-state index in [1.807, 2.05) is 55.3 Å². The maximum Gasteiger partial charge on any atom is 0.333 e. The summed E-state index contributed by atoms with van der Waals surface area (Å²) < 4.78 is 18.1. The van der Waals surface area contributed by atoms with Crippen molar-refractivity contribution in [2.75, 3.05) is 25.1 Å². The number of esters is 1. The summed E-state index contributed by atoms with van der Waals surface area (Å²) in [6, 6.07) is 18.9. The molecule has 0 aliphatic heterocycles. The summed E-state index contributed by atoms with van der Waals surface area (Å²) in [5.41, 5.74) is 4.94. The normalized spacial score (nSPS) is 11.2. The smallest absolute Gasteiger partial charge is 0.333 e. The van der Waals surface area contributed by atoms with Gasteiger partial charge in [-0.15, -0.1) is 0 Å². The molecule has 7 nitrogen and oxygen atoms in total. The number of azo groups is 2. The molecule has 0 radical (unpaired) electrons. The lowest BCUT2D eigenvalue weighted by Gasteiger charge is -2.19. The minimum absolute atomic E-state index is 0.280. The average Bonchev–Trinajstić information content (AvgIpc) is 2.83. The maximum atomic E-state index is 13.0. The van der Waals surface area contributed by atoms with Crippen molar-refractivity contribution < 1.29 is 13.9 Å². The maximum absolute atomic E-state index is 13.0. The van der Waals surface area contributed by atoms with Crippen LogP contribution in [-0.4, -0.2) is 26.2 Å². The molecule has 0 atom stereocenters. The van der Waals surface area contributed by atoms with Crippen molar-refractivity contribution >= 4 is 34.4 Å². The second-order valence-electron chi connectivity index (χ2n) is 7.70. The van der Waals surface area contributed by atoms with Crippen LogP contribution in [-0.2, 0) is 9.53 Å². The van der Waals surface area contributed by atoms with Crippen molar-refractivity contribution in [3.8, 4) is 0 Å². The Balaban J connectivity index is 1.57. The van der Waals surface area contributed by atoms with E-state index in [0.29, 0.717) is 29.2 Å². The lowest BCUT2D eigenvalue weighted by Crippen LogP contribution is -2.23. The van der Waals surface area contributed by atoms with Crippen LogP contribution >= 0.6 is 0 Å². The van der Waals surface area contributed by atoms with Gasteiger partial charge in [-0.25, -0.2) is 9.18 Å². The lowest BCUT2D eigenvalue weighted by atomic mass is 10.2. The number of anilines is 1. The highest BCUT2D eigenvalue weighted by Gasteiger charge is 2.06. The molecule has 0 aliphatic rings. The zero-order chi connectivity index (χ0) is 24.5. The van der Waals surface area contributed by atoms with Crippen LogP contribution in [0.25, 0.3) is 0 Å². The van der Waals surface area contributed by atoms with Gasteiger partial charge in [-0.3, -0.25) is 0 Å². The summed E-state index contributed by atoms with van der Waals surface area (Å²) in [5, 5.41) is 16.9. The Kier molecular flexibility index (Phi) is 8.34. The standard InChI is InChI=1S/C26H26FN5O2/c1-18(2)26(33)34-16-15-32(4)24-12-9-22(10-13-24)29-31-25-14-11-23(17-19(25)3)30-28-21-7-5-20(27)6-8-21/h5-14,17H,1,15-16H2,2-4H3. The van der Waals surface area contributed by atoms with Gasteiger partial charge in [-0.05, 0) is 86.1 Å². The van der Waals surface area contributed by atoms with Crippen molar-refractivity contribution in [1.82, 2.24) is 0 Å². The second-order valence-corrected chi connectivity index (χ2v) is 7.70. The molecule has 0 saturated carbocycles. The summed E-state index contributed by atoms with van der Waals surface area (Å²) in [4.78, 5) is 13.4. The van der Waals surface area contributed by atoms with Gasteiger partial charge in [0.1, 0.15) is 12.4 Å². The molecule has 0 N–H and O–H groups in total. The molecule has 0 unspecified atom stereocenters. The molecule has 174 valence electrons. The van der Waals surface area contributed by atoms with Gasteiger partial charge in [0.25, 0.3) is 0 Å². The first-order valence-corrected chi connectivity index (χ1v) is 10.7. The Hall–Kier alpha value is -4.20. The van der Waals surface area contributed by atoms with Crippen LogP contribution in [0.5, 0.6) is 0 Å². The predicted molar refractivity (Wildman–Crippen MR) is 131 cm³/mol. The van der Waals surface area contributed by atoms with Crippen LogP contribution in [0.1, 0.15) is 12.5 Å². The number of aryl methyl sites for hydroxylation is 1. The van der Waals surface area contributed by atoms with Gasteiger partial charge in [0.15, 0.2) is 0 Å². The Morgan fingerprint density at radius 1 is 0.912 bits per heavy atom.